The van der Waals surface area contributed by atoms with Crippen LogP contribution in [0.5, 0.6) is 23.0 Å². The van der Waals surface area contributed by atoms with Crippen LogP contribution in [0.2, 0.25) is 0 Å². The van der Waals surface area contributed by atoms with E-state index in [9.17, 15) is 4.79 Å². The summed E-state index contributed by atoms with van der Waals surface area (Å²) in [5.41, 5.74) is 1.76. The first-order chi connectivity index (χ1) is 16.5. The van der Waals surface area contributed by atoms with Gasteiger partial charge in [-0.15, -0.1) is 0 Å². The van der Waals surface area contributed by atoms with Crippen LogP contribution < -0.4 is 24.4 Å². The van der Waals surface area contributed by atoms with Crippen LogP contribution in [0.4, 0.5) is 0 Å². The molecule has 3 aromatic rings. The quantitative estimate of drug-likeness (QED) is 0.249. The highest BCUT2D eigenvalue weighted by atomic mass is 16.5. The van der Waals surface area contributed by atoms with Gasteiger partial charge in [-0.1, -0.05) is 0 Å². The summed E-state index contributed by atoms with van der Waals surface area (Å²) in [6, 6.07) is 12.9. The molecule has 0 saturated carbocycles. The Kier molecular flexibility index (Phi) is 5.42. The van der Waals surface area contributed by atoms with Gasteiger partial charge in [0.05, 0.1) is 51.4 Å². The molecule has 0 amide bonds. The summed E-state index contributed by atoms with van der Waals surface area (Å²) in [5.74, 6) is 2.77. The molecular weight excluding hydrogens is 436 g/mol. The standard InChI is InChI=1S/C27H24O7/c1-29-13-16-6-14-7-17(30-2)11-23(33-5)25(14)27-19(16)12-20-21(34-27)9-15-8-18(31-3)10-22(32-4)24(15)26(20)28/h6-12H,13H2,1-5H3. The Balaban J connectivity index is 1.97. The van der Waals surface area contributed by atoms with Crippen LogP contribution in [0.15, 0.2) is 51.7 Å². The van der Waals surface area contributed by atoms with E-state index in [0.717, 1.165) is 21.7 Å². The van der Waals surface area contributed by atoms with Crippen molar-refractivity contribution in [2.24, 2.45) is 0 Å². The molecule has 2 aliphatic rings. The number of hydrogen-bond acceptors (Lipinski definition) is 7. The monoisotopic (exact) mass is 460 g/mol. The third-order valence-electron chi connectivity index (χ3n) is 6.10. The Morgan fingerprint density at radius 3 is 1.91 bits per heavy atom. The van der Waals surface area contributed by atoms with E-state index in [1.54, 1.807) is 40.6 Å². The summed E-state index contributed by atoms with van der Waals surface area (Å²) in [6.45, 7) is 0.343. The Hall–Kier alpha value is -3.97. The second-order valence-corrected chi connectivity index (χ2v) is 7.93. The maximum Gasteiger partial charge on any atom is 0.201 e. The van der Waals surface area contributed by atoms with Crippen molar-refractivity contribution in [3.63, 3.8) is 0 Å². The number of ether oxygens (including phenoxy) is 5. The molecule has 1 aliphatic heterocycles. The molecule has 1 aliphatic carbocycles. The zero-order valence-corrected chi connectivity index (χ0v) is 19.6. The molecule has 0 aromatic heterocycles. The largest absolute Gasteiger partial charge is 0.497 e. The van der Waals surface area contributed by atoms with Crippen molar-refractivity contribution >= 4 is 32.5 Å². The highest BCUT2D eigenvalue weighted by molar-refractivity contribution is 6.11. The van der Waals surface area contributed by atoms with Crippen LogP contribution in [0.1, 0.15) is 5.56 Å². The highest BCUT2D eigenvalue weighted by Crippen LogP contribution is 2.42. The summed E-state index contributed by atoms with van der Waals surface area (Å²) >= 11 is 0. The van der Waals surface area contributed by atoms with Gasteiger partial charge in [0.1, 0.15) is 34.3 Å². The van der Waals surface area contributed by atoms with Crippen LogP contribution in [-0.4, -0.2) is 35.5 Å². The molecule has 0 spiro atoms. The van der Waals surface area contributed by atoms with Crippen LogP contribution in [0.25, 0.3) is 43.8 Å². The molecule has 0 N–H and O–H groups in total. The second-order valence-electron chi connectivity index (χ2n) is 7.93. The Labute approximate surface area is 195 Å². The average Bonchev–Trinajstić information content (AvgIpc) is 2.86. The molecule has 0 atom stereocenters. The first-order valence-corrected chi connectivity index (χ1v) is 10.7. The fourth-order valence-corrected chi connectivity index (χ4v) is 4.52. The van der Waals surface area contributed by atoms with Crippen molar-refractivity contribution in [2.75, 3.05) is 35.5 Å². The summed E-state index contributed by atoms with van der Waals surface area (Å²) in [4.78, 5) is 13.6. The predicted octanol–water partition coefficient (Wildman–Crippen LogP) is 5.39. The van der Waals surface area contributed by atoms with E-state index < -0.39 is 0 Å². The normalized spacial score (nSPS) is 11.4. The zero-order chi connectivity index (χ0) is 24.0. The van der Waals surface area contributed by atoms with E-state index in [4.69, 9.17) is 28.1 Å². The lowest BCUT2D eigenvalue weighted by Crippen LogP contribution is -2.08. The lowest BCUT2D eigenvalue weighted by atomic mass is 9.96. The fraction of sp³-hybridized carbons (Fsp3) is 0.222. The first kappa shape index (κ1) is 21.9. The third-order valence-corrected chi connectivity index (χ3v) is 6.10. The minimum atomic E-state index is -0.178. The Morgan fingerprint density at radius 1 is 0.706 bits per heavy atom. The van der Waals surface area contributed by atoms with Gasteiger partial charge in [0.25, 0.3) is 0 Å². The first-order valence-electron chi connectivity index (χ1n) is 10.7. The summed E-state index contributed by atoms with van der Waals surface area (Å²) < 4.78 is 33.9. The van der Waals surface area contributed by atoms with E-state index in [2.05, 4.69) is 0 Å². The molecule has 7 nitrogen and oxygen atoms in total. The summed E-state index contributed by atoms with van der Waals surface area (Å²) in [6.07, 6.45) is 0. The minimum Gasteiger partial charge on any atom is -0.497 e. The molecular formula is C27H24O7. The minimum absolute atomic E-state index is 0.178. The summed E-state index contributed by atoms with van der Waals surface area (Å²) in [5, 5.41) is 3.58. The van der Waals surface area contributed by atoms with Crippen molar-refractivity contribution in [1.29, 1.82) is 0 Å². The number of fused-ring (bicyclic) bond motifs is 5. The molecule has 3 aromatic carbocycles. The van der Waals surface area contributed by atoms with Gasteiger partial charge in [0, 0.05) is 24.6 Å². The van der Waals surface area contributed by atoms with E-state index in [1.165, 1.54) is 7.11 Å². The van der Waals surface area contributed by atoms with Crippen molar-refractivity contribution in [2.45, 2.75) is 6.61 Å². The number of rotatable bonds is 6. The van der Waals surface area contributed by atoms with Gasteiger partial charge >= 0.3 is 0 Å². The van der Waals surface area contributed by atoms with Crippen LogP contribution in [-0.2, 0) is 11.3 Å². The molecule has 0 bridgehead atoms. The summed E-state index contributed by atoms with van der Waals surface area (Å²) in [7, 11) is 7.95. The molecule has 0 radical (unpaired) electrons. The highest BCUT2D eigenvalue weighted by Gasteiger charge is 2.22. The van der Waals surface area contributed by atoms with Gasteiger partial charge < -0.3 is 28.1 Å². The molecule has 7 heteroatoms. The fourth-order valence-electron chi connectivity index (χ4n) is 4.52. The Bertz CT molecular complexity index is 1580. The van der Waals surface area contributed by atoms with Gasteiger partial charge in [-0.05, 0) is 46.7 Å². The number of hydrogen-bond donors (Lipinski definition) is 0. The number of benzene rings is 4. The maximum absolute atomic E-state index is 13.6. The number of methoxy groups -OCH3 is 5. The molecule has 34 heavy (non-hydrogen) atoms. The molecule has 0 fully saturated rings. The Morgan fingerprint density at radius 2 is 1.32 bits per heavy atom. The molecule has 1 heterocycles. The van der Waals surface area contributed by atoms with Crippen LogP contribution in [0.3, 0.4) is 0 Å². The molecule has 5 rings (SSSR count). The van der Waals surface area contributed by atoms with E-state index >= 15 is 0 Å². The van der Waals surface area contributed by atoms with E-state index in [1.807, 2.05) is 30.3 Å². The van der Waals surface area contributed by atoms with Crippen molar-refractivity contribution in [3.05, 3.63) is 58.3 Å². The van der Waals surface area contributed by atoms with Gasteiger partial charge in [-0.25, -0.2) is 0 Å². The zero-order valence-electron chi connectivity index (χ0n) is 19.6. The average molecular weight is 460 g/mol. The lowest BCUT2D eigenvalue weighted by Gasteiger charge is -2.17. The van der Waals surface area contributed by atoms with Crippen LogP contribution >= 0.6 is 0 Å². The van der Waals surface area contributed by atoms with Gasteiger partial charge in [0.2, 0.25) is 5.43 Å². The van der Waals surface area contributed by atoms with E-state index in [0.29, 0.717) is 57.3 Å². The lowest BCUT2D eigenvalue weighted by molar-refractivity contribution is 0.186. The van der Waals surface area contributed by atoms with Crippen molar-refractivity contribution in [3.8, 4) is 34.3 Å². The second kappa shape index (κ2) is 8.43. The third kappa shape index (κ3) is 3.28. The van der Waals surface area contributed by atoms with E-state index in [-0.39, 0.29) is 5.43 Å². The van der Waals surface area contributed by atoms with Crippen LogP contribution in [0, 0.1) is 0 Å². The van der Waals surface area contributed by atoms with Gasteiger partial charge in [-0.2, -0.15) is 0 Å². The smallest absolute Gasteiger partial charge is 0.201 e. The maximum atomic E-state index is 13.6. The molecule has 174 valence electrons. The van der Waals surface area contributed by atoms with Gasteiger partial charge in [-0.3, -0.25) is 4.79 Å². The topological polar surface area (TPSA) is 76.4 Å². The van der Waals surface area contributed by atoms with Crippen molar-refractivity contribution < 1.29 is 28.1 Å². The predicted molar refractivity (Wildman–Crippen MR) is 131 cm³/mol. The SMILES string of the molecule is COCc1cc2cc(OC)cc(OC)c2c2oc3cc4cc(OC)cc(OC)c4c(=O)c-3cc12. The van der Waals surface area contributed by atoms with Gasteiger partial charge in [0.15, 0.2) is 0 Å². The molecule has 0 saturated heterocycles. The van der Waals surface area contributed by atoms with Crippen molar-refractivity contribution in [1.82, 2.24) is 0 Å². The molecule has 0 unspecified atom stereocenters.